The molecule has 0 atom stereocenters. The zero-order chi connectivity index (χ0) is 13.1. The second kappa shape index (κ2) is 5.40. The smallest absolute Gasteiger partial charge is 0.148 e. The summed E-state index contributed by atoms with van der Waals surface area (Å²) in [5.41, 5.74) is 8.41. The molecule has 0 bridgehead atoms. The van der Waals surface area contributed by atoms with Gasteiger partial charge in [-0.2, -0.15) is 0 Å². The van der Waals surface area contributed by atoms with Crippen LogP contribution in [-0.2, 0) is 6.42 Å². The molecule has 0 saturated carbocycles. The van der Waals surface area contributed by atoms with E-state index in [0.29, 0.717) is 11.4 Å². The van der Waals surface area contributed by atoms with E-state index < -0.39 is 0 Å². The molecule has 0 aliphatic heterocycles. The van der Waals surface area contributed by atoms with Gasteiger partial charge in [0.25, 0.3) is 0 Å². The maximum atomic E-state index is 13.7. The maximum Gasteiger partial charge on any atom is 0.148 e. The van der Waals surface area contributed by atoms with Crippen LogP contribution in [0.1, 0.15) is 12.5 Å². The Balaban J connectivity index is 2.33. The molecule has 0 saturated heterocycles. The molecule has 0 aliphatic rings. The number of nitrogens with two attached hydrogens (primary N) is 1. The Morgan fingerprint density at radius 3 is 2.56 bits per heavy atom. The van der Waals surface area contributed by atoms with Crippen molar-refractivity contribution in [3.05, 3.63) is 52.3 Å². The van der Waals surface area contributed by atoms with Gasteiger partial charge in [0.05, 0.1) is 5.69 Å². The largest absolute Gasteiger partial charge is 0.399 e. The summed E-state index contributed by atoms with van der Waals surface area (Å²) in [6.07, 6.45) is 0.873. The molecular formula is C14H14BrFN2. The fourth-order valence-electron chi connectivity index (χ4n) is 1.75. The first-order valence-corrected chi connectivity index (χ1v) is 6.50. The Labute approximate surface area is 114 Å². The summed E-state index contributed by atoms with van der Waals surface area (Å²) in [6.45, 7) is 2.06. The van der Waals surface area contributed by atoms with Gasteiger partial charge in [-0.1, -0.05) is 22.9 Å². The van der Waals surface area contributed by atoms with E-state index in [2.05, 4.69) is 28.2 Å². The van der Waals surface area contributed by atoms with Crippen LogP contribution in [0.25, 0.3) is 0 Å². The quantitative estimate of drug-likeness (QED) is 0.821. The Kier molecular flexibility index (Phi) is 3.87. The number of rotatable bonds is 3. The highest BCUT2D eigenvalue weighted by Crippen LogP contribution is 2.27. The summed E-state index contributed by atoms with van der Waals surface area (Å²) >= 11 is 3.43. The van der Waals surface area contributed by atoms with Crippen LogP contribution in [0.2, 0.25) is 0 Å². The van der Waals surface area contributed by atoms with Gasteiger partial charge in [-0.15, -0.1) is 0 Å². The van der Waals surface area contributed by atoms with Crippen LogP contribution in [-0.4, -0.2) is 0 Å². The van der Waals surface area contributed by atoms with Crippen LogP contribution < -0.4 is 11.1 Å². The first-order chi connectivity index (χ1) is 8.60. The lowest BCUT2D eigenvalue weighted by molar-refractivity contribution is 0.632. The van der Waals surface area contributed by atoms with Crippen molar-refractivity contribution >= 4 is 33.0 Å². The van der Waals surface area contributed by atoms with Crippen molar-refractivity contribution in [3.8, 4) is 0 Å². The van der Waals surface area contributed by atoms with E-state index in [1.54, 1.807) is 12.1 Å². The molecule has 94 valence electrons. The monoisotopic (exact) mass is 308 g/mol. The van der Waals surface area contributed by atoms with E-state index in [1.807, 2.05) is 18.2 Å². The van der Waals surface area contributed by atoms with Crippen molar-refractivity contribution < 1.29 is 4.39 Å². The molecule has 0 aliphatic carbocycles. The molecule has 0 amide bonds. The summed E-state index contributed by atoms with van der Waals surface area (Å²) in [6, 6.07) is 10.5. The Bertz CT molecular complexity index is 570. The normalized spacial score (nSPS) is 10.4. The van der Waals surface area contributed by atoms with Crippen molar-refractivity contribution in [3.63, 3.8) is 0 Å². The molecule has 2 aromatic rings. The number of aryl methyl sites for hydroxylation is 1. The highest BCUT2D eigenvalue weighted by Gasteiger charge is 2.06. The van der Waals surface area contributed by atoms with Gasteiger partial charge in [0.1, 0.15) is 5.82 Å². The Hall–Kier alpha value is -1.55. The third-order valence-corrected chi connectivity index (χ3v) is 3.20. The molecule has 2 rings (SSSR count). The average molecular weight is 309 g/mol. The number of anilines is 3. The van der Waals surface area contributed by atoms with Gasteiger partial charge < -0.3 is 11.1 Å². The van der Waals surface area contributed by atoms with E-state index in [-0.39, 0.29) is 5.82 Å². The van der Waals surface area contributed by atoms with Crippen molar-refractivity contribution in [1.29, 1.82) is 0 Å². The molecular weight excluding hydrogens is 295 g/mol. The lowest BCUT2D eigenvalue weighted by Crippen LogP contribution is -1.98. The van der Waals surface area contributed by atoms with E-state index in [1.165, 1.54) is 6.07 Å². The number of hydrogen-bond donors (Lipinski definition) is 2. The van der Waals surface area contributed by atoms with Crippen molar-refractivity contribution in [2.24, 2.45) is 0 Å². The molecule has 0 fully saturated rings. The number of benzene rings is 2. The van der Waals surface area contributed by atoms with Crippen molar-refractivity contribution in [1.82, 2.24) is 0 Å². The third kappa shape index (κ3) is 2.82. The first kappa shape index (κ1) is 12.9. The highest BCUT2D eigenvalue weighted by molar-refractivity contribution is 9.10. The molecule has 2 aromatic carbocycles. The fraction of sp³-hybridized carbons (Fsp3) is 0.143. The van der Waals surface area contributed by atoms with Crippen LogP contribution in [0, 0.1) is 5.82 Å². The zero-order valence-electron chi connectivity index (χ0n) is 10.0. The summed E-state index contributed by atoms with van der Waals surface area (Å²) < 4.78 is 14.7. The third-order valence-electron chi connectivity index (χ3n) is 2.71. The minimum Gasteiger partial charge on any atom is -0.399 e. The first-order valence-electron chi connectivity index (χ1n) is 5.70. The molecule has 0 spiro atoms. The zero-order valence-corrected chi connectivity index (χ0v) is 11.6. The summed E-state index contributed by atoms with van der Waals surface area (Å²) in [5, 5.41) is 3.09. The van der Waals surface area contributed by atoms with Crippen LogP contribution in [0.3, 0.4) is 0 Å². The van der Waals surface area contributed by atoms with E-state index >= 15 is 0 Å². The summed E-state index contributed by atoms with van der Waals surface area (Å²) in [4.78, 5) is 0. The predicted octanol–water partition coefficient (Wildman–Crippen LogP) is 4.48. The SMILES string of the molecule is CCc1cc(Br)ccc1Nc1ccc(N)cc1F. The Morgan fingerprint density at radius 2 is 1.89 bits per heavy atom. The molecule has 0 aromatic heterocycles. The number of nitrogen functional groups attached to an aromatic ring is 1. The topological polar surface area (TPSA) is 38.0 Å². The molecule has 0 radical (unpaired) electrons. The van der Waals surface area contributed by atoms with Crippen LogP contribution in [0.5, 0.6) is 0 Å². The van der Waals surface area contributed by atoms with E-state index in [4.69, 9.17) is 5.73 Å². The van der Waals surface area contributed by atoms with Gasteiger partial charge in [-0.3, -0.25) is 0 Å². The number of halogens is 2. The lowest BCUT2D eigenvalue weighted by Gasteiger charge is -2.12. The Morgan fingerprint density at radius 1 is 1.17 bits per heavy atom. The van der Waals surface area contributed by atoms with Gasteiger partial charge in [0, 0.05) is 15.8 Å². The molecule has 18 heavy (non-hydrogen) atoms. The van der Waals surface area contributed by atoms with Crippen molar-refractivity contribution in [2.75, 3.05) is 11.1 Å². The van der Waals surface area contributed by atoms with Gasteiger partial charge >= 0.3 is 0 Å². The standard InChI is InChI=1S/C14H14BrFN2/c1-2-9-7-10(15)3-5-13(9)18-14-6-4-11(17)8-12(14)16/h3-8,18H,2,17H2,1H3. The van der Waals surface area contributed by atoms with Gasteiger partial charge in [-0.05, 0) is 48.4 Å². The number of hydrogen-bond acceptors (Lipinski definition) is 2. The average Bonchev–Trinajstić information content (AvgIpc) is 2.34. The second-order valence-electron chi connectivity index (χ2n) is 4.02. The van der Waals surface area contributed by atoms with E-state index in [9.17, 15) is 4.39 Å². The molecule has 0 heterocycles. The number of nitrogens with one attached hydrogen (secondary N) is 1. The molecule has 3 N–H and O–H groups in total. The van der Waals surface area contributed by atoms with Gasteiger partial charge in [0.15, 0.2) is 0 Å². The van der Waals surface area contributed by atoms with Crippen LogP contribution in [0.15, 0.2) is 40.9 Å². The van der Waals surface area contributed by atoms with Crippen LogP contribution >= 0.6 is 15.9 Å². The van der Waals surface area contributed by atoms with Gasteiger partial charge in [-0.25, -0.2) is 4.39 Å². The maximum absolute atomic E-state index is 13.7. The predicted molar refractivity (Wildman–Crippen MR) is 77.6 cm³/mol. The molecule has 0 unspecified atom stereocenters. The molecule has 4 heteroatoms. The minimum atomic E-state index is -0.347. The van der Waals surface area contributed by atoms with Crippen LogP contribution in [0.4, 0.5) is 21.5 Å². The van der Waals surface area contributed by atoms with Gasteiger partial charge in [0.2, 0.25) is 0 Å². The summed E-state index contributed by atoms with van der Waals surface area (Å²) in [5.74, 6) is -0.347. The van der Waals surface area contributed by atoms with E-state index in [0.717, 1.165) is 22.1 Å². The minimum absolute atomic E-state index is 0.347. The van der Waals surface area contributed by atoms with Crippen molar-refractivity contribution in [2.45, 2.75) is 13.3 Å². The fourth-order valence-corrected chi connectivity index (χ4v) is 2.16. The molecule has 2 nitrogen and oxygen atoms in total. The lowest BCUT2D eigenvalue weighted by atomic mass is 10.1. The highest BCUT2D eigenvalue weighted by atomic mass is 79.9. The summed E-state index contributed by atoms with van der Waals surface area (Å²) in [7, 11) is 0. The second-order valence-corrected chi connectivity index (χ2v) is 4.93.